The molecule has 1 N–H and O–H groups in total. The van der Waals surface area contributed by atoms with Gasteiger partial charge in [-0.3, -0.25) is 0 Å². The zero-order valence-corrected chi connectivity index (χ0v) is 11.1. The minimum atomic E-state index is -0.373. The van der Waals surface area contributed by atoms with E-state index >= 15 is 0 Å². The van der Waals surface area contributed by atoms with Crippen molar-refractivity contribution in [1.82, 2.24) is 0 Å². The highest BCUT2D eigenvalue weighted by Crippen LogP contribution is 2.29. The summed E-state index contributed by atoms with van der Waals surface area (Å²) in [5.41, 5.74) is 2.28. The highest BCUT2D eigenvalue weighted by Gasteiger charge is 2.24. The molecule has 1 aromatic carbocycles. The summed E-state index contributed by atoms with van der Waals surface area (Å²) in [6.45, 7) is 7.60. The lowest BCUT2D eigenvalue weighted by molar-refractivity contribution is 0.199. The van der Waals surface area contributed by atoms with Crippen LogP contribution >= 0.6 is 0 Å². The van der Waals surface area contributed by atoms with Crippen molar-refractivity contribution in [3.8, 4) is 0 Å². The fourth-order valence-corrected chi connectivity index (χ4v) is 2.64. The summed E-state index contributed by atoms with van der Waals surface area (Å²) in [5, 5.41) is 9.51. The van der Waals surface area contributed by atoms with Crippen LogP contribution in [0.25, 0.3) is 0 Å². The van der Waals surface area contributed by atoms with Gasteiger partial charge in [0.25, 0.3) is 0 Å². The molecule has 0 bridgehead atoms. The molecule has 1 fully saturated rings. The molecule has 0 radical (unpaired) electrons. The first-order chi connectivity index (χ1) is 8.09. The molecule has 1 aliphatic heterocycles. The fraction of sp³-hybridized carbons (Fsp3) is 0.600. The van der Waals surface area contributed by atoms with Gasteiger partial charge in [0.2, 0.25) is 0 Å². The van der Waals surface area contributed by atoms with Crippen LogP contribution in [0, 0.1) is 5.92 Å². The average Bonchev–Trinajstić information content (AvgIpc) is 2.33. The summed E-state index contributed by atoms with van der Waals surface area (Å²) >= 11 is 0. The van der Waals surface area contributed by atoms with E-state index in [0.29, 0.717) is 6.04 Å². The molecule has 2 heteroatoms. The van der Waals surface area contributed by atoms with Crippen molar-refractivity contribution >= 4 is 5.69 Å². The predicted molar refractivity (Wildman–Crippen MR) is 72.3 cm³/mol. The van der Waals surface area contributed by atoms with E-state index in [9.17, 15) is 5.11 Å². The number of piperidine rings is 1. The Morgan fingerprint density at radius 3 is 2.47 bits per heavy atom. The largest absolute Gasteiger partial charge is 0.389 e. The van der Waals surface area contributed by atoms with Gasteiger partial charge in [-0.1, -0.05) is 19.1 Å². The van der Waals surface area contributed by atoms with Gasteiger partial charge in [0.05, 0.1) is 6.10 Å². The number of rotatable bonds is 2. The van der Waals surface area contributed by atoms with Crippen LogP contribution < -0.4 is 4.90 Å². The van der Waals surface area contributed by atoms with E-state index in [0.717, 1.165) is 18.0 Å². The highest BCUT2D eigenvalue weighted by atomic mass is 16.3. The van der Waals surface area contributed by atoms with E-state index in [1.54, 1.807) is 6.92 Å². The number of anilines is 1. The molecule has 1 aromatic rings. The number of benzene rings is 1. The van der Waals surface area contributed by atoms with E-state index in [4.69, 9.17) is 0 Å². The summed E-state index contributed by atoms with van der Waals surface area (Å²) in [5.74, 6) is 0.764. The lowest BCUT2D eigenvalue weighted by Crippen LogP contribution is -2.42. The number of aliphatic hydroxyl groups excluding tert-OH is 1. The standard InChI is InChI=1S/C15H23NO/c1-11-5-4-10-16(12(11)2)15-8-6-14(7-9-15)13(3)17/h6-9,11-13,17H,4-5,10H2,1-3H3/t11?,12?,13-/m0/s1. The van der Waals surface area contributed by atoms with Crippen LogP contribution in [0.5, 0.6) is 0 Å². The molecule has 1 heterocycles. The van der Waals surface area contributed by atoms with Gasteiger partial charge in [0.1, 0.15) is 0 Å². The molecule has 1 aliphatic rings. The molecule has 0 amide bonds. The Morgan fingerprint density at radius 2 is 1.88 bits per heavy atom. The molecule has 94 valence electrons. The summed E-state index contributed by atoms with van der Waals surface area (Å²) < 4.78 is 0. The van der Waals surface area contributed by atoms with E-state index in [1.165, 1.54) is 18.5 Å². The van der Waals surface area contributed by atoms with Crippen molar-refractivity contribution in [1.29, 1.82) is 0 Å². The average molecular weight is 233 g/mol. The van der Waals surface area contributed by atoms with Gasteiger partial charge in [0.15, 0.2) is 0 Å². The van der Waals surface area contributed by atoms with Crippen LogP contribution in [0.15, 0.2) is 24.3 Å². The Labute approximate surface area is 104 Å². The van der Waals surface area contributed by atoms with E-state index in [-0.39, 0.29) is 6.10 Å². The van der Waals surface area contributed by atoms with Gasteiger partial charge in [-0.15, -0.1) is 0 Å². The van der Waals surface area contributed by atoms with Gasteiger partial charge in [0, 0.05) is 18.3 Å². The Balaban J connectivity index is 2.16. The molecule has 17 heavy (non-hydrogen) atoms. The van der Waals surface area contributed by atoms with Crippen molar-refractivity contribution in [2.45, 2.75) is 45.8 Å². The maximum Gasteiger partial charge on any atom is 0.0761 e. The van der Waals surface area contributed by atoms with Crippen LogP contribution in [-0.2, 0) is 0 Å². The first-order valence-corrected chi connectivity index (χ1v) is 6.64. The number of hydrogen-bond acceptors (Lipinski definition) is 2. The first-order valence-electron chi connectivity index (χ1n) is 6.64. The molecule has 0 aromatic heterocycles. The molecule has 0 aliphatic carbocycles. The van der Waals surface area contributed by atoms with Crippen LogP contribution in [0.2, 0.25) is 0 Å². The lowest BCUT2D eigenvalue weighted by Gasteiger charge is -2.39. The zero-order valence-electron chi connectivity index (χ0n) is 11.1. The first kappa shape index (κ1) is 12.4. The number of hydrogen-bond donors (Lipinski definition) is 1. The third-order valence-electron chi connectivity index (χ3n) is 4.08. The zero-order chi connectivity index (χ0) is 12.4. The van der Waals surface area contributed by atoms with Gasteiger partial charge < -0.3 is 10.0 Å². The molecule has 3 atom stereocenters. The summed E-state index contributed by atoms with van der Waals surface area (Å²) in [6.07, 6.45) is 2.24. The molecule has 2 unspecified atom stereocenters. The summed E-state index contributed by atoms with van der Waals surface area (Å²) in [7, 11) is 0. The predicted octanol–water partition coefficient (Wildman–Crippen LogP) is 3.36. The highest BCUT2D eigenvalue weighted by molar-refractivity contribution is 5.49. The normalized spacial score (nSPS) is 26.9. The summed E-state index contributed by atoms with van der Waals surface area (Å²) in [4.78, 5) is 2.49. The van der Waals surface area contributed by atoms with Gasteiger partial charge >= 0.3 is 0 Å². The van der Waals surface area contributed by atoms with Crippen LogP contribution in [0.4, 0.5) is 5.69 Å². The quantitative estimate of drug-likeness (QED) is 0.846. The van der Waals surface area contributed by atoms with E-state index in [2.05, 4.69) is 30.9 Å². The third kappa shape index (κ3) is 2.63. The van der Waals surface area contributed by atoms with Crippen LogP contribution in [0.1, 0.15) is 45.3 Å². The van der Waals surface area contributed by atoms with E-state index < -0.39 is 0 Å². The molecular formula is C15H23NO. The van der Waals surface area contributed by atoms with E-state index in [1.807, 2.05) is 12.1 Å². The summed E-state index contributed by atoms with van der Waals surface area (Å²) in [6, 6.07) is 8.95. The van der Waals surface area contributed by atoms with Crippen LogP contribution in [0.3, 0.4) is 0 Å². The fourth-order valence-electron chi connectivity index (χ4n) is 2.64. The van der Waals surface area contributed by atoms with Crippen molar-refractivity contribution in [3.63, 3.8) is 0 Å². The van der Waals surface area contributed by atoms with Crippen molar-refractivity contribution in [3.05, 3.63) is 29.8 Å². The van der Waals surface area contributed by atoms with Crippen molar-refractivity contribution in [2.75, 3.05) is 11.4 Å². The molecule has 2 nitrogen and oxygen atoms in total. The third-order valence-corrected chi connectivity index (χ3v) is 4.08. The maximum absolute atomic E-state index is 9.51. The molecule has 0 spiro atoms. The van der Waals surface area contributed by atoms with Crippen LogP contribution in [-0.4, -0.2) is 17.7 Å². The lowest BCUT2D eigenvalue weighted by atomic mass is 9.91. The Bertz CT molecular complexity index is 358. The second-order valence-corrected chi connectivity index (χ2v) is 5.32. The number of nitrogens with zero attached hydrogens (tertiary/aromatic N) is 1. The minimum absolute atomic E-state index is 0.373. The SMILES string of the molecule is CC1CCCN(c2ccc([C@H](C)O)cc2)C1C. The minimum Gasteiger partial charge on any atom is -0.389 e. The molecule has 2 rings (SSSR count). The monoisotopic (exact) mass is 233 g/mol. The Hall–Kier alpha value is -1.02. The molecule has 1 saturated heterocycles. The maximum atomic E-state index is 9.51. The second kappa shape index (κ2) is 5.09. The number of aliphatic hydroxyl groups is 1. The topological polar surface area (TPSA) is 23.5 Å². The van der Waals surface area contributed by atoms with Crippen molar-refractivity contribution in [2.24, 2.45) is 5.92 Å². The van der Waals surface area contributed by atoms with Crippen molar-refractivity contribution < 1.29 is 5.11 Å². The van der Waals surface area contributed by atoms with Gasteiger partial charge in [-0.25, -0.2) is 0 Å². The smallest absolute Gasteiger partial charge is 0.0761 e. The molecular weight excluding hydrogens is 210 g/mol. The molecule has 0 saturated carbocycles. The van der Waals surface area contributed by atoms with Gasteiger partial charge in [-0.2, -0.15) is 0 Å². The Kier molecular flexibility index (Phi) is 3.72. The Morgan fingerprint density at radius 1 is 1.24 bits per heavy atom. The second-order valence-electron chi connectivity index (χ2n) is 5.32. The van der Waals surface area contributed by atoms with Gasteiger partial charge in [-0.05, 0) is 50.3 Å².